The molecule has 0 aliphatic carbocycles. The van der Waals surface area contributed by atoms with E-state index >= 15 is 0 Å². The van der Waals surface area contributed by atoms with Gasteiger partial charge in [-0.25, -0.2) is 0 Å². The van der Waals surface area contributed by atoms with Gasteiger partial charge in [-0.15, -0.1) is 24.9 Å². The number of benzene rings is 1. The van der Waals surface area contributed by atoms with E-state index in [-0.39, 0.29) is 37.5 Å². The Labute approximate surface area is 246 Å². The van der Waals surface area contributed by atoms with Crippen LogP contribution >= 0.6 is 23.4 Å². The number of carbonyl (C=O) groups is 3. The predicted octanol–water partition coefficient (Wildman–Crippen LogP) is 5.40. The maximum atomic E-state index is 14.6. The number of para-hydroxylation sites is 1. The van der Waals surface area contributed by atoms with E-state index in [0.29, 0.717) is 42.9 Å². The first kappa shape index (κ1) is 30.7. The summed E-state index contributed by atoms with van der Waals surface area (Å²) in [6.07, 6.45) is 9.40. The molecule has 7 nitrogen and oxygen atoms in total. The lowest BCUT2D eigenvalue weighted by molar-refractivity contribution is -0.155. The molecule has 3 heterocycles. The van der Waals surface area contributed by atoms with Crippen LogP contribution in [-0.4, -0.2) is 69.6 Å². The largest absolute Gasteiger partial charge is 0.465 e. The molecule has 0 saturated carbocycles. The summed E-state index contributed by atoms with van der Waals surface area (Å²) in [5.74, 6) is -1.90. The van der Waals surface area contributed by atoms with Crippen LogP contribution in [0.4, 0.5) is 5.69 Å². The Morgan fingerprint density at radius 3 is 2.62 bits per heavy atom. The summed E-state index contributed by atoms with van der Waals surface area (Å²) >= 11 is 8.19. The Balaban J connectivity index is 1.70. The fraction of sp³-hybridized carbons (Fsp3) is 0.581. The van der Waals surface area contributed by atoms with Crippen LogP contribution in [0.1, 0.15) is 58.3 Å². The average molecular weight is 589 g/mol. The SMILES string of the molecule is C=CCCCOC(=O)[C@@H]1[C@H]2C(=O)N(CCCCCCO)C(C(=O)N(CC=C)c3ccccc3Cl)C23CC[C@@]1(C)S3. The van der Waals surface area contributed by atoms with Crippen molar-refractivity contribution in [2.45, 2.75) is 73.8 Å². The van der Waals surface area contributed by atoms with Crippen LogP contribution in [0.15, 0.2) is 49.6 Å². The molecule has 3 aliphatic heterocycles. The normalized spacial score (nSPS) is 28.4. The van der Waals surface area contributed by atoms with Gasteiger partial charge < -0.3 is 19.6 Å². The first-order valence-electron chi connectivity index (χ1n) is 14.3. The van der Waals surface area contributed by atoms with Gasteiger partial charge in [-0.1, -0.05) is 48.7 Å². The number of ether oxygens (including phenoxy) is 1. The number of hydrogen-bond donors (Lipinski definition) is 1. The van der Waals surface area contributed by atoms with Crippen molar-refractivity contribution in [1.29, 1.82) is 0 Å². The number of nitrogens with zero attached hydrogens (tertiary/aromatic N) is 2. The average Bonchev–Trinajstić information content (AvgIpc) is 3.50. The van der Waals surface area contributed by atoms with Crippen molar-refractivity contribution in [2.24, 2.45) is 11.8 Å². The van der Waals surface area contributed by atoms with Gasteiger partial charge in [0.2, 0.25) is 5.91 Å². The van der Waals surface area contributed by atoms with Crippen LogP contribution in [0.5, 0.6) is 0 Å². The van der Waals surface area contributed by atoms with Crippen LogP contribution in [0, 0.1) is 11.8 Å². The molecular weight excluding hydrogens is 548 g/mol. The summed E-state index contributed by atoms with van der Waals surface area (Å²) in [6.45, 7) is 10.7. The first-order chi connectivity index (χ1) is 19.3. The van der Waals surface area contributed by atoms with Gasteiger partial charge in [0.1, 0.15) is 6.04 Å². The van der Waals surface area contributed by atoms with E-state index < -0.39 is 27.4 Å². The van der Waals surface area contributed by atoms with Crippen molar-refractivity contribution in [3.05, 3.63) is 54.6 Å². The number of hydrogen-bond acceptors (Lipinski definition) is 6. The topological polar surface area (TPSA) is 87.1 Å². The Morgan fingerprint density at radius 1 is 1.18 bits per heavy atom. The number of unbranched alkanes of at least 4 members (excludes halogenated alkanes) is 4. The number of thioether (sulfide) groups is 1. The smallest absolute Gasteiger partial charge is 0.311 e. The molecule has 2 unspecified atom stereocenters. The van der Waals surface area contributed by atoms with E-state index in [1.807, 2.05) is 19.1 Å². The maximum absolute atomic E-state index is 14.6. The van der Waals surface area contributed by atoms with E-state index in [2.05, 4.69) is 13.2 Å². The van der Waals surface area contributed by atoms with Gasteiger partial charge in [-0.05, 0) is 57.6 Å². The standard InChI is InChI=1S/C31H41ClN2O5S/c1-4-6-13-21-39-29(38)25-24-27(36)34(19-11-7-8-12-20-35)26(31(24)17-16-30(25,3)40-31)28(37)33(18-5-2)23-15-10-9-14-22(23)32/h4-5,9-10,14-15,24-26,35H,1-2,6-8,11-13,16-21H2,3H3/t24-,25-,26?,30+,31?/m0/s1. The van der Waals surface area contributed by atoms with E-state index in [1.54, 1.807) is 45.8 Å². The van der Waals surface area contributed by atoms with Crippen LogP contribution in [0.2, 0.25) is 5.02 Å². The third-order valence-corrected chi connectivity index (χ3v) is 10.9. The summed E-state index contributed by atoms with van der Waals surface area (Å²) in [6, 6.07) is 6.47. The number of rotatable bonds is 15. The first-order valence-corrected chi connectivity index (χ1v) is 15.5. The van der Waals surface area contributed by atoms with E-state index in [1.165, 1.54) is 0 Å². The third-order valence-electron chi connectivity index (χ3n) is 8.59. The lowest BCUT2D eigenvalue weighted by atomic mass is 9.66. The van der Waals surface area contributed by atoms with Crippen LogP contribution in [0.25, 0.3) is 0 Å². The van der Waals surface area contributed by atoms with Crippen molar-refractivity contribution in [3.63, 3.8) is 0 Å². The minimum Gasteiger partial charge on any atom is -0.465 e. The quantitative estimate of drug-likeness (QED) is 0.168. The Hall–Kier alpha value is -2.29. The highest BCUT2D eigenvalue weighted by Gasteiger charge is 2.77. The number of fused-ring (bicyclic) bond motifs is 1. The van der Waals surface area contributed by atoms with Crippen LogP contribution < -0.4 is 4.90 Å². The molecule has 5 atom stereocenters. The lowest BCUT2D eigenvalue weighted by Gasteiger charge is -2.37. The molecule has 3 aliphatic rings. The predicted molar refractivity (Wildman–Crippen MR) is 160 cm³/mol. The second-order valence-corrected chi connectivity index (χ2v) is 13.5. The summed E-state index contributed by atoms with van der Waals surface area (Å²) in [5.41, 5.74) is 0.575. The van der Waals surface area contributed by atoms with Crippen molar-refractivity contribution >= 4 is 46.8 Å². The summed E-state index contributed by atoms with van der Waals surface area (Å²) in [4.78, 5) is 45.7. The van der Waals surface area contributed by atoms with Gasteiger partial charge in [0, 0.05) is 24.4 Å². The van der Waals surface area contributed by atoms with Gasteiger partial charge in [0.15, 0.2) is 0 Å². The molecule has 2 amide bonds. The molecule has 0 aromatic heterocycles. The number of halogens is 1. The molecule has 4 rings (SSSR count). The van der Waals surface area contributed by atoms with Gasteiger partial charge in [0.25, 0.3) is 5.91 Å². The number of amides is 2. The minimum atomic E-state index is -0.732. The zero-order valence-corrected chi connectivity index (χ0v) is 24.9. The molecule has 40 heavy (non-hydrogen) atoms. The number of likely N-dealkylation sites (tertiary alicyclic amines) is 1. The molecule has 1 spiro atoms. The lowest BCUT2D eigenvalue weighted by Crippen LogP contribution is -2.55. The Morgan fingerprint density at radius 2 is 1.93 bits per heavy atom. The molecule has 1 N–H and O–H groups in total. The zero-order chi connectivity index (χ0) is 28.9. The number of aliphatic hydroxyl groups excluding tert-OH is 1. The van der Waals surface area contributed by atoms with Crippen LogP contribution in [0.3, 0.4) is 0 Å². The third kappa shape index (κ3) is 5.59. The highest BCUT2D eigenvalue weighted by atomic mass is 35.5. The number of aliphatic hydroxyl groups is 1. The molecule has 218 valence electrons. The Kier molecular flexibility index (Phi) is 10.1. The van der Waals surface area contributed by atoms with Crippen molar-refractivity contribution in [2.75, 3.05) is 31.2 Å². The van der Waals surface area contributed by atoms with Gasteiger partial charge >= 0.3 is 5.97 Å². The zero-order valence-electron chi connectivity index (χ0n) is 23.4. The second kappa shape index (κ2) is 13.1. The minimum absolute atomic E-state index is 0.134. The van der Waals surface area contributed by atoms with Crippen LogP contribution in [-0.2, 0) is 19.1 Å². The molecule has 1 aromatic carbocycles. The van der Waals surface area contributed by atoms with E-state index in [0.717, 1.165) is 25.7 Å². The molecule has 0 radical (unpaired) electrons. The number of allylic oxidation sites excluding steroid dienone is 1. The van der Waals surface area contributed by atoms with Gasteiger partial charge in [-0.2, -0.15) is 0 Å². The number of anilines is 1. The summed E-state index contributed by atoms with van der Waals surface area (Å²) < 4.78 is 4.51. The molecule has 1 aromatic rings. The fourth-order valence-corrected chi connectivity index (χ4v) is 9.37. The molecule has 3 fully saturated rings. The maximum Gasteiger partial charge on any atom is 0.311 e. The van der Waals surface area contributed by atoms with Gasteiger partial charge in [0.05, 0.1) is 33.9 Å². The Bertz CT molecular complexity index is 1130. The van der Waals surface area contributed by atoms with Crippen molar-refractivity contribution in [3.8, 4) is 0 Å². The fourth-order valence-electron chi connectivity index (χ4n) is 6.80. The molecule has 3 saturated heterocycles. The highest BCUT2D eigenvalue weighted by molar-refractivity contribution is 8.02. The summed E-state index contributed by atoms with van der Waals surface area (Å²) in [5, 5.41) is 9.61. The van der Waals surface area contributed by atoms with E-state index in [9.17, 15) is 14.4 Å². The summed E-state index contributed by atoms with van der Waals surface area (Å²) in [7, 11) is 0. The van der Waals surface area contributed by atoms with Crippen molar-refractivity contribution in [1.82, 2.24) is 4.90 Å². The molecular formula is C31H41ClN2O5S. The van der Waals surface area contributed by atoms with Crippen molar-refractivity contribution < 1.29 is 24.2 Å². The second-order valence-electron chi connectivity index (χ2n) is 11.2. The number of esters is 1. The molecule has 9 heteroatoms. The monoisotopic (exact) mass is 588 g/mol. The van der Waals surface area contributed by atoms with E-state index in [4.69, 9.17) is 21.4 Å². The molecule has 2 bridgehead atoms. The van der Waals surface area contributed by atoms with Gasteiger partial charge in [-0.3, -0.25) is 14.4 Å². The highest BCUT2D eigenvalue weighted by Crippen LogP contribution is 2.71. The number of carbonyl (C=O) groups excluding carboxylic acids is 3.